The van der Waals surface area contributed by atoms with Gasteiger partial charge in [-0.3, -0.25) is 0 Å². The topological polar surface area (TPSA) is 0 Å². The zero-order valence-electron chi connectivity index (χ0n) is 32.1. The molecule has 0 aromatic heterocycles. The van der Waals surface area contributed by atoms with Gasteiger partial charge in [0.25, 0.3) is 0 Å². The van der Waals surface area contributed by atoms with Crippen molar-refractivity contribution < 1.29 is 18.3 Å². The summed E-state index contributed by atoms with van der Waals surface area (Å²) in [6.07, 6.45) is 7.17. The van der Waals surface area contributed by atoms with Crippen molar-refractivity contribution in [2.45, 2.75) is 111 Å². The summed E-state index contributed by atoms with van der Waals surface area (Å²) in [7, 11) is 0. The van der Waals surface area contributed by atoms with Crippen molar-refractivity contribution >= 4 is 43.4 Å². The van der Waals surface area contributed by atoms with E-state index in [1.165, 1.54) is 58.9 Å². The van der Waals surface area contributed by atoms with Crippen molar-refractivity contribution in [2.75, 3.05) is 0 Å². The summed E-state index contributed by atoms with van der Waals surface area (Å²) in [6.45, 7) is 29.1. The zero-order chi connectivity index (χ0) is 34.1. The van der Waals surface area contributed by atoms with Crippen molar-refractivity contribution in [2.24, 2.45) is 11.3 Å². The van der Waals surface area contributed by atoms with Gasteiger partial charge in [0.15, 0.2) is 0 Å². The summed E-state index contributed by atoms with van der Waals surface area (Å²) in [4.78, 5) is 0. The third kappa shape index (κ3) is 5.02. The van der Waals surface area contributed by atoms with Gasteiger partial charge in [0, 0.05) is 0 Å². The SMILES string of the molecule is Cl.Cl.[CH2]=[Zr]([CH2]C)([C]1=C(CC)C(C(C)(C)C)=CC1C)([C]1=C(C)c2cc3c(cc2C1(C)C)Cc1cc2c(cc1-3)C(C)=CC2(C)C)[c]1ccccc1. The molecule has 3 heteroatoms. The second-order valence-electron chi connectivity index (χ2n) is 17.7. The minimum atomic E-state index is -4.50. The normalized spacial score (nSPS) is 20.2. The predicted molar refractivity (Wildman–Crippen MR) is 219 cm³/mol. The first-order chi connectivity index (χ1) is 21.9. The minimum absolute atomic E-state index is 0. The molecule has 0 aliphatic heterocycles. The van der Waals surface area contributed by atoms with E-state index in [4.69, 9.17) is 4.21 Å². The van der Waals surface area contributed by atoms with Crippen LogP contribution in [0.25, 0.3) is 22.3 Å². The van der Waals surface area contributed by atoms with Crippen LogP contribution in [-0.2, 0) is 35.5 Å². The van der Waals surface area contributed by atoms with Gasteiger partial charge in [-0.2, -0.15) is 0 Å². The maximum atomic E-state index is 5.78. The molecule has 260 valence electrons. The van der Waals surface area contributed by atoms with Crippen LogP contribution in [0.15, 0.2) is 84.5 Å². The van der Waals surface area contributed by atoms with Crippen LogP contribution in [0.3, 0.4) is 0 Å². The summed E-state index contributed by atoms with van der Waals surface area (Å²) in [6, 6.07) is 21.9. The Kier molecular flexibility index (Phi) is 9.36. The first-order valence-corrected chi connectivity index (χ1v) is 25.4. The van der Waals surface area contributed by atoms with Gasteiger partial charge in [0.2, 0.25) is 0 Å². The van der Waals surface area contributed by atoms with Gasteiger partial charge in [0.05, 0.1) is 0 Å². The van der Waals surface area contributed by atoms with E-state index in [1.807, 2.05) is 0 Å². The van der Waals surface area contributed by atoms with Crippen LogP contribution in [-0.4, -0.2) is 4.21 Å². The van der Waals surface area contributed by atoms with E-state index in [1.54, 1.807) is 17.7 Å². The Hall–Kier alpha value is -2.05. The molecular weight excluding hydrogens is 715 g/mol. The molecule has 4 aliphatic carbocycles. The Morgan fingerprint density at radius 2 is 1.39 bits per heavy atom. The molecule has 49 heavy (non-hydrogen) atoms. The van der Waals surface area contributed by atoms with E-state index in [2.05, 4.69) is 150 Å². The first-order valence-electron chi connectivity index (χ1n) is 18.2. The van der Waals surface area contributed by atoms with Gasteiger partial charge in [0.1, 0.15) is 0 Å². The maximum absolute atomic E-state index is 5.78. The van der Waals surface area contributed by atoms with E-state index in [-0.39, 0.29) is 41.1 Å². The molecule has 3 aromatic rings. The Morgan fingerprint density at radius 3 is 1.94 bits per heavy atom. The Labute approximate surface area is 310 Å². The number of hydrogen-bond donors (Lipinski definition) is 0. The van der Waals surface area contributed by atoms with E-state index < -0.39 is 18.3 Å². The van der Waals surface area contributed by atoms with Crippen molar-refractivity contribution in [1.29, 1.82) is 0 Å². The van der Waals surface area contributed by atoms with E-state index in [9.17, 15) is 0 Å². The van der Waals surface area contributed by atoms with Crippen LogP contribution in [0.1, 0.15) is 123 Å². The first kappa shape index (κ1) is 38.2. The van der Waals surface area contributed by atoms with Crippen molar-refractivity contribution in [3.63, 3.8) is 0 Å². The molecule has 7 rings (SSSR count). The van der Waals surface area contributed by atoms with Gasteiger partial charge >= 0.3 is 288 Å². The van der Waals surface area contributed by atoms with E-state index >= 15 is 0 Å². The fraction of sp³-hybridized carbons (Fsp3) is 0.413. The Balaban J connectivity index is 0.00000234. The summed E-state index contributed by atoms with van der Waals surface area (Å²) in [5.74, 6) is 0.391. The number of fused-ring (bicyclic) bond motifs is 5. The molecule has 4 aliphatic rings. The van der Waals surface area contributed by atoms with Crippen LogP contribution in [0, 0.1) is 11.3 Å². The Bertz CT molecular complexity index is 2090. The summed E-state index contributed by atoms with van der Waals surface area (Å²) in [5.41, 5.74) is 18.0. The standard InChI is InChI=1S/C25H25.C12H19.C6H5.C2H5.CH2.2ClH.Zr/c1-14-12-24(3,4)22-8-16-7-17-9-23-19(15(2)13-25(23,5)6)11-21(17)20(16)10-18(14)22;1-6-10-7-9(2)8-11(10)12(3,4)5;1-2-4-6-5-3-1;1-2;;;;/h8-12H,7H2,1-6H3;8-9H,6H2,1-5H3;1-5H;1H2,2H3;1H2;2*1H;. The zero-order valence-corrected chi connectivity index (χ0v) is 36.2. The van der Waals surface area contributed by atoms with Gasteiger partial charge < -0.3 is 0 Å². The third-order valence-corrected chi connectivity index (χ3v) is 31.7. The van der Waals surface area contributed by atoms with Crippen molar-refractivity contribution in [1.82, 2.24) is 0 Å². The van der Waals surface area contributed by atoms with E-state index in [0.717, 1.165) is 17.0 Å². The van der Waals surface area contributed by atoms with Gasteiger partial charge in [-0.15, -0.1) is 24.8 Å². The monoisotopic (exact) mass is 770 g/mol. The molecule has 0 saturated carbocycles. The average molecular weight is 773 g/mol. The fourth-order valence-corrected chi connectivity index (χ4v) is 30.8. The van der Waals surface area contributed by atoms with Crippen molar-refractivity contribution in [3.8, 4) is 11.1 Å². The Morgan fingerprint density at radius 1 is 0.816 bits per heavy atom. The predicted octanol–water partition coefficient (Wildman–Crippen LogP) is 13.0. The van der Waals surface area contributed by atoms with Gasteiger partial charge in [-0.05, 0) is 0 Å². The molecule has 1 unspecified atom stereocenters. The summed E-state index contributed by atoms with van der Waals surface area (Å²) in [5, 5.41) is 0. The van der Waals surface area contributed by atoms with Gasteiger partial charge in [-0.25, -0.2) is 0 Å². The molecule has 0 saturated heterocycles. The van der Waals surface area contributed by atoms with Crippen LogP contribution in [0.5, 0.6) is 0 Å². The molecular formula is C46H58Cl2Zr. The second kappa shape index (κ2) is 12.0. The second-order valence-corrected chi connectivity index (χ2v) is 31.7. The fourth-order valence-electron chi connectivity index (χ4n) is 11.3. The summed E-state index contributed by atoms with van der Waals surface area (Å²) < 4.78 is 11.8. The summed E-state index contributed by atoms with van der Waals surface area (Å²) >= 11 is -4.50. The average Bonchev–Trinajstić information content (AvgIpc) is 3.68. The van der Waals surface area contributed by atoms with Gasteiger partial charge in [-0.1, -0.05) is 0 Å². The number of rotatable bonds is 5. The molecule has 0 amide bonds. The molecule has 1 atom stereocenters. The molecule has 0 N–H and O–H groups in total. The number of halogens is 2. The molecule has 0 spiro atoms. The number of benzene rings is 3. The molecule has 0 nitrogen and oxygen atoms in total. The van der Waals surface area contributed by atoms with E-state index in [0.29, 0.717) is 5.92 Å². The van der Waals surface area contributed by atoms with Crippen LogP contribution >= 0.6 is 24.8 Å². The quantitative estimate of drug-likeness (QED) is 0.190. The molecule has 0 bridgehead atoms. The number of allylic oxidation sites excluding steroid dienone is 8. The van der Waals surface area contributed by atoms with Crippen LogP contribution in [0.4, 0.5) is 0 Å². The van der Waals surface area contributed by atoms with Crippen molar-refractivity contribution in [3.05, 3.63) is 118 Å². The van der Waals surface area contributed by atoms with Crippen LogP contribution in [0.2, 0.25) is 4.13 Å². The molecule has 0 fully saturated rings. The molecule has 0 radical (unpaired) electrons. The molecule has 0 heterocycles. The van der Waals surface area contributed by atoms with Crippen LogP contribution < -0.4 is 3.27 Å². The number of hydrogen-bond acceptors (Lipinski definition) is 0. The third-order valence-electron chi connectivity index (χ3n) is 13.1. The molecule has 3 aromatic carbocycles.